The zero-order chi connectivity index (χ0) is 15.5. The van der Waals surface area contributed by atoms with Crippen LogP contribution in [0, 0.1) is 0 Å². The molecule has 21 heavy (non-hydrogen) atoms. The molecule has 0 aliphatic carbocycles. The molecule has 5 nitrogen and oxygen atoms in total. The number of pyridine rings is 1. The Labute approximate surface area is 130 Å². The average Bonchev–Trinajstić information content (AvgIpc) is 2.85. The summed E-state index contributed by atoms with van der Waals surface area (Å²) < 4.78 is 5.38. The number of likely N-dealkylation sites (tertiary alicyclic amines) is 1. The topological polar surface area (TPSA) is 54.5 Å². The zero-order valence-electron chi connectivity index (χ0n) is 12.7. The maximum atomic E-state index is 12.0. The molecule has 1 aromatic heterocycles. The Kier molecular flexibility index (Phi) is 5.06. The van der Waals surface area contributed by atoms with E-state index in [0.717, 1.165) is 25.1 Å². The van der Waals surface area contributed by atoms with Crippen LogP contribution < -0.4 is 5.32 Å². The van der Waals surface area contributed by atoms with Gasteiger partial charge in [-0.3, -0.25) is 0 Å². The fourth-order valence-corrected chi connectivity index (χ4v) is 2.30. The van der Waals surface area contributed by atoms with Crippen LogP contribution in [0.2, 0.25) is 5.15 Å². The fraction of sp³-hybridized carbons (Fsp3) is 0.600. The first-order valence-electron chi connectivity index (χ1n) is 7.15. The van der Waals surface area contributed by atoms with Gasteiger partial charge >= 0.3 is 6.09 Å². The molecule has 1 aliphatic heterocycles. The van der Waals surface area contributed by atoms with E-state index in [4.69, 9.17) is 16.3 Å². The second-order valence-corrected chi connectivity index (χ2v) is 6.67. The molecule has 116 valence electrons. The minimum Gasteiger partial charge on any atom is -0.444 e. The summed E-state index contributed by atoms with van der Waals surface area (Å²) in [4.78, 5) is 17.8. The van der Waals surface area contributed by atoms with Gasteiger partial charge in [-0.2, -0.15) is 0 Å². The maximum Gasteiger partial charge on any atom is 0.410 e. The summed E-state index contributed by atoms with van der Waals surface area (Å²) >= 11 is 5.76. The highest BCUT2D eigenvalue weighted by molar-refractivity contribution is 6.29. The SMILES string of the molecule is CC(C)(C)OC(=O)N1CC[C@@H](NCc2ccc(Cl)nc2)C1. The molecular formula is C15H22ClN3O2. The first-order valence-corrected chi connectivity index (χ1v) is 7.53. The van der Waals surface area contributed by atoms with E-state index < -0.39 is 5.60 Å². The molecule has 1 saturated heterocycles. The van der Waals surface area contributed by atoms with E-state index in [1.807, 2.05) is 26.8 Å². The third-order valence-electron chi connectivity index (χ3n) is 3.22. The van der Waals surface area contributed by atoms with Gasteiger partial charge in [-0.1, -0.05) is 17.7 Å². The molecule has 1 fully saturated rings. The van der Waals surface area contributed by atoms with Crippen molar-refractivity contribution < 1.29 is 9.53 Å². The molecule has 0 bridgehead atoms. The number of rotatable bonds is 3. The zero-order valence-corrected chi connectivity index (χ0v) is 13.5. The number of nitrogens with zero attached hydrogens (tertiary/aromatic N) is 2. The van der Waals surface area contributed by atoms with Crippen LogP contribution in [0.3, 0.4) is 0 Å². The molecule has 0 aromatic carbocycles. The van der Waals surface area contributed by atoms with Crippen LogP contribution in [0.4, 0.5) is 4.79 Å². The summed E-state index contributed by atoms with van der Waals surface area (Å²) in [5.41, 5.74) is 0.632. The summed E-state index contributed by atoms with van der Waals surface area (Å²) in [5.74, 6) is 0. The normalized spacial score (nSPS) is 18.9. The largest absolute Gasteiger partial charge is 0.444 e. The number of hydrogen-bond donors (Lipinski definition) is 1. The summed E-state index contributed by atoms with van der Waals surface area (Å²) in [6.45, 7) is 7.76. The number of halogens is 1. The standard InChI is InChI=1S/C15H22ClN3O2/c1-15(2,3)21-14(20)19-7-6-12(10-19)17-8-11-4-5-13(16)18-9-11/h4-5,9,12,17H,6-8,10H2,1-3H3/t12-/m1/s1. The lowest BCUT2D eigenvalue weighted by atomic mass is 10.2. The Morgan fingerprint density at radius 3 is 2.90 bits per heavy atom. The molecule has 6 heteroatoms. The fourth-order valence-electron chi connectivity index (χ4n) is 2.19. The lowest BCUT2D eigenvalue weighted by Crippen LogP contribution is -2.38. The van der Waals surface area contributed by atoms with Crippen LogP contribution in [0.5, 0.6) is 0 Å². The van der Waals surface area contributed by atoms with Gasteiger partial charge in [0.25, 0.3) is 0 Å². The minimum atomic E-state index is -0.447. The number of aromatic nitrogens is 1. The first-order chi connectivity index (χ1) is 9.83. The Balaban J connectivity index is 1.77. The van der Waals surface area contributed by atoms with Crippen molar-refractivity contribution in [1.29, 1.82) is 0 Å². The number of carbonyl (C=O) groups excluding carboxylic acids is 1. The van der Waals surface area contributed by atoms with Crippen LogP contribution in [-0.2, 0) is 11.3 Å². The predicted octanol–water partition coefficient (Wildman–Crippen LogP) is 2.83. The van der Waals surface area contributed by atoms with Crippen LogP contribution in [-0.4, -0.2) is 40.7 Å². The third kappa shape index (κ3) is 5.17. The van der Waals surface area contributed by atoms with Gasteiger partial charge in [-0.25, -0.2) is 9.78 Å². The molecule has 1 amide bonds. The van der Waals surface area contributed by atoms with Crippen LogP contribution in [0.15, 0.2) is 18.3 Å². The third-order valence-corrected chi connectivity index (χ3v) is 3.45. The Morgan fingerprint density at radius 1 is 1.52 bits per heavy atom. The molecule has 0 radical (unpaired) electrons. The smallest absolute Gasteiger partial charge is 0.410 e. The van der Waals surface area contributed by atoms with Crippen LogP contribution in [0.1, 0.15) is 32.8 Å². The summed E-state index contributed by atoms with van der Waals surface area (Å²) in [6, 6.07) is 4.01. The van der Waals surface area contributed by atoms with Crippen molar-refractivity contribution >= 4 is 17.7 Å². The van der Waals surface area contributed by atoms with Crippen molar-refractivity contribution in [2.45, 2.75) is 45.4 Å². The second-order valence-electron chi connectivity index (χ2n) is 6.28. The summed E-state index contributed by atoms with van der Waals surface area (Å²) in [5, 5.41) is 3.93. The van der Waals surface area contributed by atoms with E-state index in [9.17, 15) is 4.79 Å². The molecule has 1 N–H and O–H groups in total. The number of amides is 1. The summed E-state index contributed by atoms with van der Waals surface area (Å²) in [6.07, 6.45) is 2.45. The lowest BCUT2D eigenvalue weighted by molar-refractivity contribution is 0.0291. The highest BCUT2D eigenvalue weighted by Crippen LogP contribution is 2.15. The Morgan fingerprint density at radius 2 is 2.29 bits per heavy atom. The van der Waals surface area contributed by atoms with E-state index in [-0.39, 0.29) is 12.1 Å². The number of nitrogens with one attached hydrogen (secondary N) is 1. The van der Waals surface area contributed by atoms with Crippen molar-refractivity contribution in [3.05, 3.63) is 29.0 Å². The molecular weight excluding hydrogens is 290 g/mol. The van der Waals surface area contributed by atoms with Gasteiger partial charge in [-0.15, -0.1) is 0 Å². The number of carbonyl (C=O) groups is 1. The molecule has 0 saturated carbocycles. The Hall–Kier alpha value is -1.33. The van der Waals surface area contributed by atoms with Gasteiger partial charge in [0.15, 0.2) is 0 Å². The van der Waals surface area contributed by atoms with Gasteiger partial charge in [0.05, 0.1) is 0 Å². The Bertz CT molecular complexity index is 485. The highest BCUT2D eigenvalue weighted by atomic mass is 35.5. The molecule has 1 atom stereocenters. The van der Waals surface area contributed by atoms with E-state index in [1.165, 1.54) is 0 Å². The first kappa shape index (κ1) is 16.0. The van der Waals surface area contributed by atoms with E-state index >= 15 is 0 Å². The monoisotopic (exact) mass is 311 g/mol. The predicted molar refractivity (Wildman–Crippen MR) is 82.3 cm³/mol. The van der Waals surface area contributed by atoms with Crippen molar-refractivity contribution in [1.82, 2.24) is 15.2 Å². The molecule has 2 heterocycles. The van der Waals surface area contributed by atoms with E-state index in [2.05, 4.69) is 10.3 Å². The van der Waals surface area contributed by atoms with E-state index in [0.29, 0.717) is 11.7 Å². The number of hydrogen-bond acceptors (Lipinski definition) is 4. The summed E-state index contributed by atoms with van der Waals surface area (Å²) in [7, 11) is 0. The van der Waals surface area contributed by atoms with Gasteiger partial charge in [-0.05, 0) is 38.8 Å². The van der Waals surface area contributed by atoms with Gasteiger partial charge in [0, 0.05) is 31.9 Å². The lowest BCUT2D eigenvalue weighted by Gasteiger charge is -2.24. The molecule has 1 aliphatic rings. The molecule has 1 aromatic rings. The molecule has 2 rings (SSSR count). The van der Waals surface area contributed by atoms with Crippen molar-refractivity contribution in [2.75, 3.05) is 13.1 Å². The minimum absolute atomic E-state index is 0.236. The second kappa shape index (κ2) is 6.62. The van der Waals surface area contributed by atoms with Gasteiger partial charge < -0.3 is 15.0 Å². The maximum absolute atomic E-state index is 12.0. The van der Waals surface area contributed by atoms with Gasteiger partial charge in [0.1, 0.15) is 10.8 Å². The quantitative estimate of drug-likeness (QED) is 0.872. The van der Waals surface area contributed by atoms with E-state index in [1.54, 1.807) is 17.2 Å². The van der Waals surface area contributed by atoms with Crippen molar-refractivity contribution in [2.24, 2.45) is 0 Å². The van der Waals surface area contributed by atoms with Gasteiger partial charge in [0.2, 0.25) is 0 Å². The molecule has 0 unspecified atom stereocenters. The highest BCUT2D eigenvalue weighted by Gasteiger charge is 2.29. The van der Waals surface area contributed by atoms with Crippen LogP contribution >= 0.6 is 11.6 Å². The average molecular weight is 312 g/mol. The molecule has 0 spiro atoms. The van der Waals surface area contributed by atoms with Crippen molar-refractivity contribution in [3.63, 3.8) is 0 Å². The van der Waals surface area contributed by atoms with Crippen LogP contribution in [0.25, 0.3) is 0 Å². The van der Waals surface area contributed by atoms with Crippen molar-refractivity contribution in [3.8, 4) is 0 Å². The number of ether oxygens (including phenoxy) is 1.